The number of esters is 1. The maximum absolute atomic E-state index is 13.0. The molecule has 1 saturated carbocycles. The Morgan fingerprint density at radius 2 is 1.88 bits per heavy atom. The third-order valence-electron chi connectivity index (χ3n) is 6.87. The van der Waals surface area contributed by atoms with Crippen LogP contribution in [0.5, 0.6) is 0 Å². The van der Waals surface area contributed by atoms with Crippen molar-refractivity contribution in [2.45, 2.75) is 58.9 Å². The van der Waals surface area contributed by atoms with Gasteiger partial charge in [-0.15, -0.1) is 0 Å². The Kier molecular flexibility index (Phi) is 5.51. The van der Waals surface area contributed by atoms with Crippen molar-refractivity contribution in [1.29, 1.82) is 0 Å². The summed E-state index contributed by atoms with van der Waals surface area (Å²) in [6.45, 7) is 8.14. The van der Waals surface area contributed by atoms with Crippen molar-refractivity contribution in [1.82, 2.24) is 14.7 Å². The molecule has 2 fully saturated rings. The zero-order valence-electron chi connectivity index (χ0n) is 18.0. The molecule has 0 unspecified atom stereocenters. The molecule has 2 N–H and O–H groups in total. The fraction of sp³-hybridized carbons (Fsp3) is 0.524. The topological polar surface area (TPSA) is 110 Å². The summed E-state index contributed by atoms with van der Waals surface area (Å²) >= 11 is 0. The lowest BCUT2D eigenvalue weighted by Crippen LogP contribution is -2.53. The number of ether oxygens (including phenoxy) is 1. The molecule has 0 aromatic carbocycles. The number of imidazole rings is 1. The first-order valence-electron chi connectivity index (χ1n) is 9.91. The average Bonchev–Trinajstić information content (AvgIpc) is 3.24. The first-order chi connectivity index (χ1) is 14.7. The highest BCUT2D eigenvalue weighted by molar-refractivity contribution is 5.96. The molecular formula is C21H24F3N3O5. The highest BCUT2D eigenvalue weighted by Gasteiger charge is 2.75. The highest BCUT2D eigenvalue weighted by Crippen LogP contribution is 2.65. The molecule has 1 saturated heterocycles. The number of nitrogens with one attached hydrogen (secondary N) is 1. The molecule has 174 valence electrons. The second-order valence-electron chi connectivity index (χ2n) is 8.79. The summed E-state index contributed by atoms with van der Waals surface area (Å²) in [5.41, 5.74) is 0.513. The molecule has 2 aliphatic rings. The molecule has 2 aromatic heterocycles. The number of fused-ring (bicyclic) bond motifs is 3. The minimum atomic E-state index is -5.08. The molecule has 4 rings (SSSR count). The van der Waals surface area contributed by atoms with Crippen LogP contribution in [0.25, 0.3) is 5.65 Å². The van der Waals surface area contributed by atoms with E-state index in [9.17, 15) is 22.8 Å². The Morgan fingerprint density at radius 3 is 2.34 bits per heavy atom. The maximum atomic E-state index is 13.0. The molecule has 0 radical (unpaired) electrons. The fourth-order valence-electron chi connectivity index (χ4n) is 4.34. The van der Waals surface area contributed by atoms with Gasteiger partial charge in [-0.2, -0.15) is 13.2 Å². The van der Waals surface area contributed by atoms with Crippen LogP contribution in [-0.4, -0.2) is 44.1 Å². The van der Waals surface area contributed by atoms with Crippen molar-refractivity contribution in [3.05, 3.63) is 35.8 Å². The van der Waals surface area contributed by atoms with Gasteiger partial charge < -0.3 is 19.6 Å². The van der Waals surface area contributed by atoms with Crippen LogP contribution in [0.15, 0.2) is 24.4 Å². The number of amides is 1. The van der Waals surface area contributed by atoms with E-state index in [1.807, 2.05) is 56.5 Å². The Balaban J connectivity index is 0.000000360. The number of carboxylic acid groups (broad SMARTS) is 1. The van der Waals surface area contributed by atoms with Crippen LogP contribution in [-0.2, 0) is 25.7 Å². The zero-order chi connectivity index (χ0) is 24.1. The molecule has 8 nitrogen and oxygen atoms in total. The van der Waals surface area contributed by atoms with Crippen LogP contribution < -0.4 is 5.32 Å². The number of rotatable bonds is 3. The number of hydrogen-bond acceptors (Lipinski definition) is 5. The van der Waals surface area contributed by atoms with Gasteiger partial charge in [-0.25, -0.2) is 9.78 Å². The van der Waals surface area contributed by atoms with Gasteiger partial charge in [-0.05, 0) is 38.8 Å². The molecule has 3 heterocycles. The normalized spacial score (nSPS) is 25.8. The summed E-state index contributed by atoms with van der Waals surface area (Å²) in [4.78, 5) is 38.7. The van der Waals surface area contributed by atoms with E-state index in [1.165, 1.54) is 0 Å². The van der Waals surface area contributed by atoms with E-state index in [0.717, 1.165) is 17.0 Å². The second kappa shape index (κ2) is 7.49. The van der Waals surface area contributed by atoms with Gasteiger partial charge in [0.1, 0.15) is 5.65 Å². The summed E-state index contributed by atoms with van der Waals surface area (Å²) in [5, 5.41) is 10.1. The van der Waals surface area contributed by atoms with Crippen LogP contribution in [0.3, 0.4) is 0 Å². The lowest BCUT2D eigenvalue weighted by molar-refractivity contribution is -0.192. The predicted molar refractivity (Wildman–Crippen MR) is 105 cm³/mol. The van der Waals surface area contributed by atoms with Gasteiger partial charge in [0.05, 0.1) is 17.7 Å². The smallest absolute Gasteiger partial charge is 0.475 e. The molecule has 0 spiro atoms. The Hall–Kier alpha value is -3.11. The third kappa shape index (κ3) is 3.49. The third-order valence-corrected chi connectivity index (χ3v) is 6.87. The monoisotopic (exact) mass is 455 g/mol. The first kappa shape index (κ1) is 23.6. The molecular weight excluding hydrogens is 431 g/mol. The van der Waals surface area contributed by atoms with E-state index in [1.54, 1.807) is 0 Å². The van der Waals surface area contributed by atoms with Crippen LogP contribution in [0.1, 0.15) is 45.0 Å². The molecule has 1 aliphatic carbocycles. The van der Waals surface area contributed by atoms with Gasteiger partial charge in [0.15, 0.2) is 5.60 Å². The first-order valence-corrected chi connectivity index (χ1v) is 9.91. The molecule has 1 amide bonds. The number of pyridine rings is 1. The molecule has 11 heteroatoms. The molecule has 32 heavy (non-hydrogen) atoms. The number of halogens is 3. The van der Waals surface area contributed by atoms with Gasteiger partial charge in [0, 0.05) is 17.3 Å². The van der Waals surface area contributed by atoms with Crippen molar-refractivity contribution in [2.75, 3.05) is 0 Å². The molecule has 2 bridgehead atoms. The van der Waals surface area contributed by atoms with Crippen LogP contribution in [0.2, 0.25) is 0 Å². The van der Waals surface area contributed by atoms with E-state index in [0.29, 0.717) is 19.4 Å². The van der Waals surface area contributed by atoms with Gasteiger partial charge >= 0.3 is 18.1 Å². The largest absolute Gasteiger partial charge is 0.490 e. The number of hydrogen-bond donors (Lipinski definition) is 2. The number of aliphatic carboxylic acids is 1. The SMILES string of the molecule is Cc1cccc2nc(CNC(=O)[C@@]34CC[C@@](C)(C(=O)O3)C4(C)C)cn12.O=C(O)C(F)(F)F. The maximum Gasteiger partial charge on any atom is 0.490 e. The van der Waals surface area contributed by atoms with Gasteiger partial charge in [-0.1, -0.05) is 19.9 Å². The quantitative estimate of drug-likeness (QED) is 0.689. The van der Waals surface area contributed by atoms with Crippen molar-refractivity contribution in [3.8, 4) is 0 Å². The molecule has 2 aromatic rings. The summed E-state index contributed by atoms with van der Waals surface area (Å²) in [6.07, 6.45) is -1.91. The van der Waals surface area contributed by atoms with Crippen LogP contribution in [0.4, 0.5) is 13.2 Å². The zero-order valence-corrected chi connectivity index (χ0v) is 18.0. The summed E-state index contributed by atoms with van der Waals surface area (Å²) in [5.74, 6) is -3.24. The number of aryl methyl sites for hydroxylation is 1. The number of carboxylic acids is 1. The Morgan fingerprint density at radius 1 is 1.25 bits per heavy atom. The number of alkyl halides is 3. The predicted octanol–water partition coefficient (Wildman–Crippen LogP) is 3.01. The van der Waals surface area contributed by atoms with E-state index >= 15 is 0 Å². The van der Waals surface area contributed by atoms with Crippen LogP contribution in [0, 0.1) is 17.8 Å². The number of nitrogens with zero attached hydrogens (tertiary/aromatic N) is 2. The van der Waals surface area contributed by atoms with E-state index in [-0.39, 0.29) is 11.9 Å². The lowest BCUT2D eigenvalue weighted by Gasteiger charge is -2.35. The standard InChI is InChI=1S/C19H23N3O3.C2HF3O2/c1-12-6-5-7-14-21-13(11-22(12)14)10-20-15(23)19-9-8-18(4,16(24)25-19)17(19,2)3;3-2(4,5)1(6)7/h5-7,11H,8-10H2,1-4H3,(H,20,23);(H,6,7)/t18-,19+;/m0./s1. The van der Waals surface area contributed by atoms with Gasteiger partial charge in [-0.3, -0.25) is 9.59 Å². The highest BCUT2D eigenvalue weighted by atomic mass is 19.4. The second-order valence-corrected chi connectivity index (χ2v) is 8.79. The van der Waals surface area contributed by atoms with Crippen molar-refractivity contribution >= 4 is 23.5 Å². The minimum absolute atomic E-state index is 0.221. The van der Waals surface area contributed by atoms with Gasteiger partial charge in [0.25, 0.3) is 5.91 Å². The number of carbonyl (C=O) groups is 3. The number of aromatic nitrogens is 2. The fourth-order valence-corrected chi connectivity index (χ4v) is 4.34. The van der Waals surface area contributed by atoms with E-state index in [4.69, 9.17) is 14.6 Å². The summed E-state index contributed by atoms with van der Waals surface area (Å²) in [7, 11) is 0. The van der Waals surface area contributed by atoms with Crippen LogP contribution >= 0.6 is 0 Å². The van der Waals surface area contributed by atoms with Crippen molar-refractivity contribution < 1.29 is 37.4 Å². The minimum Gasteiger partial charge on any atom is -0.475 e. The summed E-state index contributed by atoms with van der Waals surface area (Å²) in [6, 6.07) is 5.90. The van der Waals surface area contributed by atoms with E-state index < -0.39 is 28.6 Å². The molecule has 1 aliphatic heterocycles. The average molecular weight is 455 g/mol. The van der Waals surface area contributed by atoms with Gasteiger partial charge in [0.2, 0.25) is 0 Å². The Bertz CT molecular complexity index is 1090. The summed E-state index contributed by atoms with van der Waals surface area (Å²) < 4.78 is 39.3. The van der Waals surface area contributed by atoms with E-state index in [2.05, 4.69) is 10.3 Å². The Labute approximate surface area is 181 Å². The van der Waals surface area contributed by atoms with Crippen molar-refractivity contribution in [2.24, 2.45) is 10.8 Å². The molecule has 2 atom stereocenters. The number of carbonyl (C=O) groups excluding carboxylic acids is 2. The van der Waals surface area contributed by atoms with Crippen molar-refractivity contribution in [3.63, 3.8) is 0 Å². The lowest BCUT2D eigenvalue weighted by atomic mass is 9.66.